The van der Waals surface area contributed by atoms with Gasteiger partial charge in [-0.25, -0.2) is 0 Å². The molecule has 0 aromatic rings. The fraction of sp³-hybridized carbons (Fsp3) is 0.947. The molecule has 5 unspecified atom stereocenters. The van der Waals surface area contributed by atoms with Crippen molar-refractivity contribution in [3.63, 3.8) is 0 Å². The molecule has 0 amide bonds. The highest BCUT2D eigenvalue weighted by Gasteiger charge is 2.68. The molecule has 51 heavy (non-hydrogen) atoms. The third-order valence-corrected chi connectivity index (χ3v) is 15.3. The summed E-state index contributed by atoms with van der Waals surface area (Å²) in [6.45, 7) is 9.83. The van der Waals surface area contributed by atoms with Crippen molar-refractivity contribution in [1.29, 1.82) is 0 Å². The van der Waals surface area contributed by atoms with E-state index in [0.29, 0.717) is 41.9 Å². The molecule has 0 aromatic heterocycles. The minimum absolute atomic E-state index is 0.0257. The number of fused-ring (bicyclic) bond motifs is 7. The van der Waals surface area contributed by atoms with Crippen LogP contribution in [0.4, 0.5) is 0 Å². The fourth-order valence-electron chi connectivity index (χ4n) is 12.4. The van der Waals surface area contributed by atoms with Gasteiger partial charge < -0.3 is 64.2 Å². The van der Waals surface area contributed by atoms with Crippen LogP contribution in [-0.4, -0.2) is 129 Å². The highest BCUT2D eigenvalue weighted by Crippen LogP contribution is 2.70. The molecule has 21 atom stereocenters. The molecule has 7 N–H and O–H groups in total. The Morgan fingerprint density at radius 1 is 0.824 bits per heavy atom. The van der Waals surface area contributed by atoms with Gasteiger partial charge in [0.2, 0.25) is 0 Å². The van der Waals surface area contributed by atoms with Crippen LogP contribution in [0.3, 0.4) is 0 Å². The van der Waals surface area contributed by atoms with Gasteiger partial charge in [-0.1, -0.05) is 39.3 Å². The van der Waals surface area contributed by atoms with E-state index in [1.54, 1.807) is 0 Å². The summed E-state index contributed by atoms with van der Waals surface area (Å²) in [4.78, 5) is 0. The highest BCUT2D eigenvalue weighted by molar-refractivity contribution is 5.26. The van der Waals surface area contributed by atoms with Crippen LogP contribution in [0.1, 0.15) is 85.5 Å². The summed E-state index contributed by atoms with van der Waals surface area (Å²) in [7, 11) is 0. The van der Waals surface area contributed by atoms with Gasteiger partial charge in [-0.05, 0) is 91.8 Å². The summed E-state index contributed by atoms with van der Waals surface area (Å²) in [5.74, 6) is 2.82. The molecule has 7 fully saturated rings. The second kappa shape index (κ2) is 13.5. The Kier molecular flexibility index (Phi) is 9.80. The number of allylic oxidation sites excluding steroid dienone is 1. The monoisotopic (exact) mass is 724 g/mol. The average molecular weight is 725 g/mol. The Morgan fingerprint density at radius 2 is 1.61 bits per heavy atom. The second-order valence-corrected chi connectivity index (χ2v) is 18.0. The molecular formula is C38H60O13. The van der Waals surface area contributed by atoms with Crippen LogP contribution in [0.15, 0.2) is 11.6 Å². The van der Waals surface area contributed by atoms with Crippen LogP contribution in [-0.2, 0) is 28.4 Å². The predicted octanol–water partition coefficient (Wildman–Crippen LogP) is 1.32. The lowest BCUT2D eigenvalue weighted by molar-refractivity contribution is -0.388. The van der Waals surface area contributed by atoms with E-state index in [-0.39, 0.29) is 23.0 Å². The van der Waals surface area contributed by atoms with E-state index in [2.05, 4.69) is 33.8 Å². The van der Waals surface area contributed by atoms with E-state index in [0.717, 1.165) is 45.1 Å². The lowest BCUT2D eigenvalue weighted by atomic mass is 9.47. The van der Waals surface area contributed by atoms with Crippen molar-refractivity contribution in [1.82, 2.24) is 0 Å². The highest BCUT2D eigenvalue weighted by atomic mass is 16.8. The molecule has 4 aliphatic carbocycles. The van der Waals surface area contributed by atoms with E-state index >= 15 is 0 Å². The Hall–Kier alpha value is -0.780. The van der Waals surface area contributed by atoms with Gasteiger partial charge >= 0.3 is 0 Å². The van der Waals surface area contributed by atoms with Crippen LogP contribution in [0.2, 0.25) is 0 Å². The first-order valence-corrected chi connectivity index (χ1v) is 19.5. The zero-order chi connectivity index (χ0) is 36.2. The number of rotatable bonds is 5. The molecule has 0 bridgehead atoms. The first kappa shape index (κ1) is 37.2. The van der Waals surface area contributed by atoms with Crippen molar-refractivity contribution in [3.8, 4) is 0 Å². The van der Waals surface area contributed by atoms with Gasteiger partial charge in [0, 0.05) is 12.3 Å². The van der Waals surface area contributed by atoms with Crippen molar-refractivity contribution in [2.75, 3.05) is 13.2 Å². The fourth-order valence-corrected chi connectivity index (χ4v) is 12.4. The summed E-state index contributed by atoms with van der Waals surface area (Å²) in [6.07, 6.45) is -4.47. The minimum Gasteiger partial charge on any atom is -0.394 e. The molecule has 0 radical (unpaired) electrons. The number of aliphatic hydroxyl groups excluding tert-OH is 7. The Morgan fingerprint density at radius 3 is 2.33 bits per heavy atom. The summed E-state index contributed by atoms with van der Waals surface area (Å²) >= 11 is 0. The Bertz CT molecular complexity index is 1310. The van der Waals surface area contributed by atoms with Gasteiger partial charge in [0.05, 0.1) is 25.4 Å². The summed E-state index contributed by atoms with van der Waals surface area (Å²) < 4.78 is 36.9. The van der Waals surface area contributed by atoms with Crippen LogP contribution in [0, 0.1) is 46.3 Å². The Balaban J connectivity index is 0.964. The van der Waals surface area contributed by atoms with E-state index in [1.165, 1.54) is 18.4 Å². The Labute approximate surface area is 300 Å². The third kappa shape index (κ3) is 5.83. The zero-order valence-electron chi connectivity index (χ0n) is 30.3. The molecule has 4 saturated heterocycles. The topological polar surface area (TPSA) is 197 Å². The van der Waals surface area contributed by atoms with Gasteiger partial charge in [0.25, 0.3) is 0 Å². The van der Waals surface area contributed by atoms with E-state index in [9.17, 15) is 35.7 Å². The van der Waals surface area contributed by atoms with E-state index in [1.807, 2.05) is 0 Å². The van der Waals surface area contributed by atoms with Crippen molar-refractivity contribution < 1.29 is 64.2 Å². The van der Waals surface area contributed by atoms with Crippen molar-refractivity contribution in [2.24, 2.45) is 46.3 Å². The number of hydrogen-bond donors (Lipinski definition) is 7. The molecule has 3 saturated carbocycles. The molecule has 13 heteroatoms. The van der Waals surface area contributed by atoms with Gasteiger partial charge in [0.15, 0.2) is 24.7 Å². The summed E-state index contributed by atoms with van der Waals surface area (Å²) in [5, 5.41) is 72.3. The molecule has 0 aromatic carbocycles. The number of aliphatic hydroxyl groups is 7. The maximum atomic E-state index is 11.1. The first-order valence-electron chi connectivity index (χ1n) is 19.5. The maximum Gasteiger partial charge on any atom is 0.189 e. The quantitative estimate of drug-likeness (QED) is 0.201. The van der Waals surface area contributed by atoms with Crippen molar-refractivity contribution >= 4 is 0 Å². The van der Waals surface area contributed by atoms with Gasteiger partial charge in [0.1, 0.15) is 42.7 Å². The van der Waals surface area contributed by atoms with Crippen LogP contribution in [0.5, 0.6) is 0 Å². The lowest BCUT2D eigenvalue weighted by Gasteiger charge is -2.58. The van der Waals surface area contributed by atoms with Crippen LogP contribution < -0.4 is 0 Å². The van der Waals surface area contributed by atoms with E-state index in [4.69, 9.17) is 28.4 Å². The molecule has 4 aliphatic heterocycles. The van der Waals surface area contributed by atoms with E-state index < -0.39 is 74.0 Å². The molecule has 290 valence electrons. The standard InChI is InChI=1S/C38H60O13/c1-17-7-12-38(46-16-17)18(2)26-24(51-38)14-23-21-6-5-19-13-20(8-10-36(19,3)22(21)9-11-37(23,26)4)47-35-32(29(42)27(40)25(15-39)48-35)49-34-31(44)28(41)30(43)33(45)50-34/h5,17-18,20-35,39-45H,6-16H2,1-4H3/t17-,18+,20?,21-,22+,23+,24+,25?,26+,27-,28+,29+,30-,31?,32?,33?,34-,35-,36+,37+,38-/m1/s1. The zero-order valence-corrected chi connectivity index (χ0v) is 30.3. The normalized spacial score (nSPS) is 58.4. The van der Waals surface area contributed by atoms with Gasteiger partial charge in [-0.3, -0.25) is 0 Å². The van der Waals surface area contributed by atoms with Crippen molar-refractivity contribution in [2.45, 2.75) is 165 Å². The van der Waals surface area contributed by atoms with Crippen LogP contribution in [0.25, 0.3) is 0 Å². The van der Waals surface area contributed by atoms with Gasteiger partial charge in [-0.2, -0.15) is 0 Å². The smallest absolute Gasteiger partial charge is 0.189 e. The molecule has 1 spiro atoms. The molecule has 4 heterocycles. The second-order valence-electron chi connectivity index (χ2n) is 18.0. The van der Waals surface area contributed by atoms with Crippen molar-refractivity contribution in [3.05, 3.63) is 11.6 Å². The SMILES string of the molecule is C[C@@H]1CC[C@@]2(OC1)O[C@H]1C[C@H]3[C@@H]4CC=C5CC(O[C@@H]6OC(CO)[C@@H](O)[C@H](O)C6O[C@@H]6OC(O)[C@H](O)[C@H](O)C6O)CC[C@]5(C)[C@H]4CC[C@]3(C)[C@H]1[C@@H]2C. The molecular weight excluding hydrogens is 664 g/mol. The maximum absolute atomic E-state index is 11.1. The average Bonchev–Trinajstić information content (AvgIpc) is 3.56. The summed E-state index contributed by atoms with van der Waals surface area (Å²) in [5.41, 5.74) is 1.62. The minimum atomic E-state index is -1.86. The van der Waals surface area contributed by atoms with Crippen LogP contribution >= 0.6 is 0 Å². The predicted molar refractivity (Wildman–Crippen MR) is 178 cm³/mol. The molecule has 13 nitrogen and oxygen atoms in total. The molecule has 8 aliphatic rings. The first-order chi connectivity index (χ1) is 24.2. The number of hydrogen-bond acceptors (Lipinski definition) is 13. The van der Waals surface area contributed by atoms with Gasteiger partial charge in [-0.15, -0.1) is 0 Å². The molecule has 8 rings (SSSR count). The summed E-state index contributed by atoms with van der Waals surface area (Å²) in [6, 6.07) is 0. The number of ether oxygens (including phenoxy) is 6. The lowest BCUT2D eigenvalue weighted by Crippen LogP contribution is -2.64. The third-order valence-electron chi connectivity index (χ3n) is 15.3. The largest absolute Gasteiger partial charge is 0.394 e.